The van der Waals surface area contributed by atoms with Gasteiger partial charge in [-0.15, -0.1) is 0 Å². The number of carbonyl (C=O) groups excluding carboxylic acids is 3. The van der Waals surface area contributed by atoms with Gasteiger partial charge >= 0.3 is 65.1 Å². The van der Waals surface area contributed by atoms with Crippen LogP contribution in [0.5, 0.6) is 0 Å². The van der Waals surface area contributed by atoms with Crippen LogP contribution in [0.4, 0.5) is 0 Å². The van der Waals surface area contributed by atoms with Gasteiger partial charge in [-0.2, -0.15) is 0 Å². The Kier molecular flexibility index (Phi) is 23.4. The van der Waals surface area contributed by atoms with Crippen molar-refractivity contribution in [2.45, 2.75) is 89.6 Å². The molecule has 0 amide bonds. The molecule has 0 spiro atoms. The number of aliphatic carboxylic acids is 2. The van der Waals surface area contributed by atoms with Crippen molar-refractivity contribution in [3.63, 3.8) is 0 Å². The van der Waals surface area contributed by atoms with E-state index in [2.05, 4.69) is 6.92 Å². The minimum Gasteiger partial charge on any atom is -0.550 e. The molecule has 0 aromatic carbocycles. The second-order valence-electron chi connectivity index (χ2n) is 6.45. The van der Waals surface area contributed by atoms with Crippen molar-refractivity contribution < 1.29 is 93.6 Å². The molecule has 0 radical (unpaired) electrons. The molecule has 0 fully saturated rings. The SMILES string of the molecule is CCCCCCCCCCCCOC(=O)CC(O)(CC(=O)[O-])C(=O)[O-].[Na+].[Na+]. The van der Waals surface area contributed by atoms with Crippen molar-refractivity contribution in [3.05, 3.63) is 0 Å². The zero-order valence-corrected chi connectivity index (χ0v) is 21.1. The summed E-state index contributed by atoms with van der Waals surface area (Å²) in [5.41, 5.74) is -2.80. The third-order valence-electron chi connectivity index (χ3n) is 4.01. The molecule has 0 aliphatic heterocycles. The molecule has 0 bridgehead atoms. The molecule has 0 saturated heterocycles. The predicted octanol–water partition coefficient (Wildman–Crippen LogP) is -5.53. The summed E-state index contributed by atoms with van der Waals surface area (Å²) in [5, 5.41) is 30.9. The van der Waals surface area contributed by atoms with Gasteiger partial charge < -0.3 is 29.6 Å². The molecule has 1 atom stereocenters. The van der Waals surface area contributed by atoms with Gasteiger partial charge in [0.05, 0.1) is 19.0 Å². The van der Waals surface area contributed by atoms with E-state index in [1.54, 1.807) is 0 Å². The van der Waals surface area contributed by atoms with Crippen LogP contribution in [0.3, 0.4) is 0 Å². The molecule has 0 rings (SSSR count). The average Bonchev–Trinajstić information content (AvgIpc) is 2.51. The minimum absolute atomic E-state index is 0. The Morgan fingerprint density at radius 2 is 1.26 bits per heavy atom. The van der Waals surface area contributed by atoms with E-state index in [0.29, 0.717) is 6.42 Å². The summed E-state index contributed by atoms with van der Waals surface area (Å²) in [6.07, 6.45) is 9.08. The topological polar surface area (TPSA) is 127 Å². The first-order valence-electron chi connectivity index (χ1n) is 9.11. The second-order valence-corrected chi connectivity index (χ2v) is 6.45. The first kappa shape index (κ1) is 32.0. The fraction of sp³-hybridized carbons (Fsp3) is 0.833. The van der Waals surface area contributed by atoms with Crippen LogP contribution in [0, 0.1) is 0 Å². The standard InChI is InChI=1S/C18H32O7.2Na/c1-2-3-4-5-6-7-8-9-10-11-12-25-16(21)14-18(24,17(22)23)13-15(19)20;;/h24H,2-14H2,1H3,(H,19,20)(H,22,23);;/q;2*+1/p-2. The molecule has 1 N–H and O–H groups in total. The third-order valence-corrected chi connectivity index (χ3v) is 4.01. The van der Waals surface area contributed by atoms with E-state index < -0.39 is 36.4 Å². The minimum atomic E-state index is -2.80. The zero-order valence-electron chi connectivity index (χ0n) is 17.1. The van der Waals surface area contributed by atoms with Gasteiger partial charge in [0.25, 0.3) is 0 Å². The quantitative estimate of drug-likeness (QED) is 0.154. The summed E-state index contributed by atoms with van der Waals surface area (Å²) in [6, 6.07) is 0. The van der Waals surface area contributed by atoms with Crippen LogP contribution < -0.4 is 69.3 Å². The fourth-order valence-corrected chi connectivity index (χ4v) is 2.51. The van der Waals surface area contributed by atoms with Crippen LogP contribution in [0.15, 0.2) is 0 Å². The van der Waals surface area contributed by atoms with Crippen molar-refractivity contribution in [1.82, 2.24) is 0 Å². The average molecular weight is 404 g/mol. The third kappa shape index (κ3) is 18.2. The fourth-order valence-electron chi connectivity index (χ4n) is 2.51. The van der Waals surface area contributed by atoms with Gasteiger partial charge in [-0.05, 0) is 6.42 Å². The smallest absolute Gasteiger partial charge is 0.550 e. The molecule has 27 heavy (non-hydrogen) atoms. The second kappa shape index (κ2) is 19.7. The Hall–Kier alpha value is 0.370. The number of ether oxygens (including phenoxy) is 1. The summed E-state index contributed by atoms with van der Waals surface area (Å²) in [4.78, 5) is 32.8. The van der Waals surface area contributed by atoms with Crippen LogP contribution in [0.25, 0.3) is 0 Å². The van der Waals surface area contributed by atoms with Crippen LogP contribution in [-0.2, 0) is 19.1 Å². The van der Waals surface area contributed by atoms with Gasteiger partial charge in [0.2, 0.25) is 0 Å². The Bertz CT molecular complexity index is 419. The van der Waals surface area contributed by atoms with E-state index in [-0.39, 0.29) is 65.7 Å². The van der Waals surface area contributed by atoms with E-state index in [0.717, 1.165) is 19.3 Å². The molecule has 0 aliphatic rings. The van der Waals surface area contributed by atoms with Gasteiger partial charge in [0.15, 0.2) is 0 Å². The van der Waals surface area contributed by atoms with E-state index in [9.17, 15) is 29.7 Å². The van der Waals surface area contributed by atoms with Gasteiger partial charge in [0, 0.05) is 12.4 Å². The Balaban J connectivity index is -0.00000288. The van der Waals surface area contributed by atoms with Crippen molar-refractivity contribution >= 4 is 17.9 Å². The number of hydrogen-bond acceptors (Lipinski definition) is 7. The van der Waals surface area contributed by atoms with Crippen LogP contribution in [0.1, 0.15) is 84.0 Å². The van der Waals surface area contributed by atoms with Gasteiger partial charge in [-0.1, -0.05) is 64.7 Å². The molecule has 0 aromatic heterocycles. The van der Waals surface area contributed by atoms with Crippen molar-refractivity contribution in [1.29, 1.82) is 0 Å². The zero-order chi connectivity index (χ0) is 19.1. The maximum absolute atomic E-state index is 11.5. The summed E-state index contributed by atoms with van der Waals surface area (Å²) < 4.78 is 4.84. The molecule has 0 heterocycles. The molecular weight excluding hydrogens is 374 g/mol. The van der Waals surface area contributed by atoms with Crippen molar-refractivity contribution in [2.24, 2.45) is 0 Å². The molecule has 7 nitrogen and oxygen atoms in total. The van der Waals surface area contributed by atoms with Crippen LogP contribution >= 0.6 is 0 Å². The van der Waals surface area contributed by atoms with Crippen LogP contribution in [0.2, 0.25) is 0 Å². The van der Waals surface area contributed by atoms with Crippen LogP contribution in [-0.4, -0.2) is 35.2 Å². The summed E-state index contributed by atoms with van der Waals surface area (Å²) in [5.74, 6) is -4.79. The monoisotopic (exact) mass is 404 g/mol. The molecule has 1 unspecified atom stereocenters. The van der Waals surface area contributed by atoms with Crippen molar-refractivity contribution in [3.8, 4) is 0 Å². The number of carbonyl (C=O) groups is 3. The van der Waals surface area contributed by atoms with Crippen molar-refractivity contribution in [2.75, 3.05) is 6.61 Å². The number of esters is 1. The molecular formula is C18H30Na2O7. The number of carboxylic acids is 2. The number of rotatable bonds is 16. The first-order valence-corrected chi connectivity index (χ1v) is 9.11. The summed E-state index contributed by atoms with van der Waals surface area (Å²) >= 11 is 0. The Labute approximate surface area is 206 Å². The number of unbranched alkanes of at least 4 members (excludes halogenated alkanes) is 9. The van der Waals surface area contributed by atoms with Gasteiger partial charge in [0.1, 0.15) is 5.60 Å². The predicted molar refractivity (Wildman–Crippen MR) is 87.0 cm³/mol. The van der Waals surface area contributed by atoms with E-state index >= 15 is 0 Å². The molecule has 0 saturated carbocycles. The van der Waals surface area contributed by atoms with Gasteiger partial charge in [-0.25, -0.2) is 0 Å². The Morgan fingerprint density at radius 1 is 0.815 bits per heavy atom. The van der Waals surface area contributed by atoms with E-state index in [1.165, 1.54) is 38.5 Å². The Morgan fingerprint density at radius 3 is 1.67 bits per heavy atom. The summed E-state index contributed by atoms with van der Waals surface area (Å²) in [7, 11) is 0. The molecule has 146 valence electrons. The number of hydrogen-bond donors (Lipinski definition) is 1. The summed E-state index contributed by atoms with van der Waals surface area (Å²) in [6.45, 7) is 2.30. The molecule has 0 aromatic rings. The molecule has 0 aliphatic carbocycles. The van der Waals surface area contributed by atoms with E-state index in [1.807, 2.05) is 0 Å². The number of aliphatic hydroxyl groups is 1. The molecule has 9 heteroatoms. The number of carboxylic acid groups (broad SMARTS) is 2. The largest absolute Gasteiger partial charge is 1.00 e. The van der Waals surface area contributed by atoms with E-state index in [4.69, 9.17) is 4.74 Å². The van der Waals surface area contributed by atoms with Gasteiger partial charge in [-0.3, -0.25) is 4.79 Å². The normalized spacial score (nSPS) is 12.2. The first-order chi connectivity index (χ1) is 11.8. The maximum atomic E-state index is 11.5. The maximum Gasteiger partial charge on any atom is 1.00 e.